The molecule has 0 unspecified atom stereocenters. The van der Waals surface area contributed by atoms with Crippen molar-refractivity contribution in [3.8, 4) is 0 Å². The first kappa shape index (κ1) is 11.4. The molecule has 16 heavy (non-hydrogen) atoms. The van der Waals surface area contributed by atoms with Crippen molar-refractivity contribution in [1.82, 2.24) is 0 Å². The van der Waals surface area contributed by atoms with Crippen molar-refractivity contribution in [2.24, 2.45) is 5.92 Å². The van der Waals surface area contributed by atoms with Crippen LogP contribution in [0.2, 0.25) is 0 Å². The summed E-state index contributed by atoms with van der Waals surface area (Å²) in [6.45, 7) is 2.01. The van der Waals surface area contributed by atoms with Crippen LogP contribution in [0.4, 0.5) is 5.69 Å². The van der Waals surface area contributed by atoms with E-state index >= 15 is 0 Å². The molecule has 0 fully saturated rings. The summed E-state index contributed by atoms with van der Waals surface area (Å²) in [7, 11) is 0. The van der Waals surface area contributed by atoms with Crippen molar-refractivity contribution in [3.63, 3.8) is 0 Å². The highest BCUT2D eigenvalue weighted by molar-refractivity contribution is 9.10. The fourth-order valence-electron chi connectivity index (χ4n) is 1.81. The molecule has 0 aliphatic heterocycles. The number of rotatable bonds is 2. The van der Waals surface area contributed by atoms with Crippen molar-refractivity contribution in [3.05, 3.63) is 40.4 Å². The molecule has 0 bridgehead atoms. The van der Waals surface area contributed by atoms with Crippen LogP contribution >= 0.6 is 15.9 Å². The van der Waals surface area contributed by atoms with Gasteiger partial charge in [-0.05, 0) is 47.3 Å². The van der Waals surface area contributed by atoms with Crippen LogP contribution in [0, 0.1) is 12.8 Å². The molecular weight excluding hydrogens is 266 g/mol. The lowest BCUT2D eigenvalue weighted by Gasteiger charge is -2.12. The number of hydrogen-bond donors (Lipinski definition) is 1. The molecule has 1 aromatic rings. The van der Waals surface area contributed by atoms with Crippen LogP contribution in [0.3, 0.4) is 0 Å². The van der Waals surface area contributed by atoms with E-state index in [9.17, 15) is 4.79 Å². The molecule has 1 aliphatic rings. The molecule has 0 saturated carbocycles. The molecule has 84 valence electrons. The molecular formula is C13H14BrNO. The number of nitrogens with one attached hydrogen (secondary N) is 1. The molecule has 0 aromatic heterocycles. The molecule has 3 heteroatoms. The van der Waals surface area contributed by atoms with Crippen molar-refractivity contribution >= 4 is 27.5 Å². The van der Waals surface area contributed by atoms with Gasteiger partial charge >= 0.3 is 0 Å². The summed E-state index contributed by atoms with van der Waals surface area (Å²) in [6, 6.07) is 5.87. The quantitative estimate of drug-likeness (QED) is 0.823. The highest BCUT2D eigenvalue weighted by Gasteiger charge is 2.19. The van der Waals surface area contributed by atoms with E-state index in [2.05, 4.69) is 33.4 Å². The molecule has 0 heterocycles. The summed E-state index contributed by atoms with van der Waals surface area (Å²) in [6.07, 6.45) is 5.84. The Morgan fingerprint density at radius 3 is 2.75 bits per heavy atom. The molecule has 0 saturated heterocycles. The Bertz CT molecular complexity index is 432. The van der Waals surface area contributed by atoms with E-state index in [1.54, 1.807) is 0 Å². The van der Waals surface area contributed by atoms with Gasteiger partial charge in [0, 0.05) is 10.4 Å². The number of benzene rings is 1. The number of halogens is 1. The van der Waals surface area contributed by atoms with Gasteiger partial charge in [0.1, 0.15) is 0 Å². The second-order valence-corrected chi connectivity index (χ2v) is 4.86. The number of amides is 1. The molecule has 1 aromatic carbocycles. The zero-order valence-corrected chi connectivity index (χ0v) is 10.8. The summed E-state index contributed by atoms with van der Waals surface area (Å²) < 4.78 is 0.967. The van der Waals surface area contributed by atoms with Gasteiger partial charge in [0.25, 0.3) is 0 Å². The zero-order chi connectivity index (χ0) is 11.5. The van der Waals surface area contributed by atoms with Gasteiger partial charge in [-0.3, -0.25) is 4.79 Å². The highest BCUT2D eigenvalue weighted by Crippen LogP contribution is 2.27. The van der Waals surface area contributed by atoms with Gasteiger partial charge in [0.05, 0.1) is 5.69 Å². The van der Waals surface area contributed by atoms with Gasteiger partial charge in [0.15, 0.2) is 0 Å². The number of hydrogen-bond acceptors (Lipinski definition) is 1. The lowest BCUT2D eigenvalue weighted by Crippen LogP contribution is -2.20. The number of carbonyl (C=O) groups excluding carboxylic acids is 1. The highest BCUT2D eigenvalue weighted by atomic mass is 79.9. The summed E-state index contributed by atoms with van der Waals surface area (Å²) in [5, 5.41) is 2.97. The predicted molar refractivity (Wildman–Crippen MR) is 69.4 cm³/mol. The van der Waals surface area contributed by atoms with Crippen molar-refractivity contribution < 1.29 is 4.79 Å². The monoisotopic (exact) mass is 279 g/mol. The van der Waals surface area contributed by atoms with Crippen molar-refractivity contribution in [2.75, 3.05) is 5.32 Å². The maximum atomic E-state index is 11.9. The Morgan fingerprint density at radius 1 is 1.38 bits per heavy atom. The van der Waals surface area contributed by atoms with E-state index in [1.807, 2.05) is 25.1 Å². The van der Waals surface area contributed by atoms with Gasteiger partial charge in [-0.25, -0.2) is 0 Å². The average Bonchev–Trinajstić information content (AvgIpc) is 2.78. The molecule has 0 radical (unpaired) electrons. The molecule has 0 spiro atoms. The second kappa shape index (κ2) is 4.83. The van der Waals surface area contributed by atoms with E-state index in [0.717, 1.165) is 28.6 Å². The lowest BCUT2D eigenvalue weighted by atomic mass is 10.1. The van der Waals surface area contributed by atoms with Gasteiger partial charge in [-0.2, -0.15) is 0 Å². The Balaban J connectivity index is 2.09. The van der Waals surface area contributed by atoms with Crippen LogP contribution in [0.25, 0.3) is 0 Å². The fourth-order valence-corrected chi connectivity index (χ4v) is 2.17. The van der Waals surface area contributed by atoms with E-state index in [-0.39, 0.29) is 11.8 Å². The standard InChI is InChI=1S/C13H14BrNO/c1-9-5-4-8-11(12(9)14)15-13(16)10-6-2-3-7-10/h2-5,8,10H,6-7H2,1H3,(H,15,16). The number of aryl methyl sites for hydroxylation is 1. The second-order valence-electron chi connectivity index (χ2n) is 4.07. The van der Waals surface area contributed by atoms with E-state index in [4.69, 9.17) is 0 Å². The molecule has 2 rings (SSSR count). The molecule has 2 nitrogen and oxygen atoms in total. The average molecular weight is 280 g/mol. The van der Waals surface area contributed by atoms with Crippen LogP contribution in [-0.4, -0.2) is 5.91 Å². The largest absolute Gasteiger partial charge is 0.325 e. The van der Waals surface area contributed by atoms with E-state index in [0.29, 0.717) is 0 Å². The lowest BCUT2D eigenvalue weighted by molar-refractivity contribution is -0.119. The smallest absolute Gasteiger partial charge is 0.228 e. The number of anilines is 1. The van der Waals surface area contributed by atoms with E-state index < -0.39 is 0 Å². The zero-order valence-electron chi connectivity index (χ0n) is 9.16. The van der Waals surface area contributed by atoms with Crippen LogP contribution < -0.4 is 5.32 Å². The molecule has 1 amide bonds. The normalized spacial score (nSPS) is 15.4. The topological polar surface area (TPSA) is 29.1 Å². The van der Waals surface area contributed by atoms with Crippen LogP contribution in [0.15, 0.2) is 34.8 Å². The van der Waals surface area contributed by atoms with Crippen LogP contribution in [0.1, 0.15) is 18.4 Å². The minimum Gasteiger partial charge on any atom is -0.325 e. The third-order valence-electron chi connectivity index (χ3n) is 2.83. The SMILES string of the molecule is Cc1cccc(NC(=O)C2CC=CC2)c1Br. The van der Waals surface area contributed by atoms with Gasteiger partial charge in [0.2, 0.25) is 5.91 Å². The summed E-state index contributed by atoms with van der Waals surface area (Å²) >= 11 is 3.49. The predicted octanol–water partition coefficient (Wildman–Crippen LogP) is 3.66. The summed E-state index contributed by atoms with van der Waals surface area (Å²) in [5.74, 6) is 0.212. The first-order chi connectivity index (χ1) is 7.68. The Morgan fingerprint density at radius 2 is 2.06 bits per heavy atom. The molecule has 0 atom stereocenters. The third kappa shape index (κ3) is 2.35. The minimum absolute atomic E-state index is 0.104. The van der Waals surface area contributed by atoms with Crippen LogP contribution in [0.5, 0.6) is 0 Å². The molecule has 1 aliphatic carbocycles. The maximum Gasteiger partial charge on any atom is 0.228 e. The van der Waals surface area contributed by atoms with Crippen LogP contribution in [-0.2, 0) is 4.79 Å². The number of allylic oxidation sites excluding steroid dienone is 2. The fraction of sp³-hybridized carbons (Fsp3) is 0.308. The maximum absolute atomic E-state index is 11.9. The Hall–Kier alpha value is -1.09. The summed E-state index contributed by atoms with van der Waals surface area (Å²) in [4.78, 5) is 11.9. The van der Waals surface area contributed by atoms with E-state index in [1.165, 1.54) is 0 Å². The summed E-state index contributed by atoms with van der Waals surface area (Å²) in [5.41, 5.74) is 1.99. The van der Waals surface area contributed by atoms with Gasteiger partial charge in [-0.15, -0.1) is 0 Å². The molecule has 1 N–H and O–H groups in total. The first-order valence-electron chi connectivity index (χ1n) is 5.39. The number of carbonyl (C=O) groups is 1. The third-order valence-corrected chi connectivity index (χ3v) is 3.88. The first-order valence-corrected chi connectivity index (χ1v) is 6.19. The Kier molecular flexibility index (Phi) is 3.44. The van der Waals surface area contributed by atoms with Gasteiger partial charge < -0.3 is 5.32 Å². The van der Waals surface area contributed by atoms with Gasteiger partial charge in [-0.1, -0.05) is 24.3 Å². The van der Waals surface area contributed by atoms with Crippen molar-refractivity contribution in [1.29, 1.82) is 0 Å². The Labute approximate surface area is 104 Å². The van der Waals surface area contributed by atoms with Crippen molar-refractivity contribution in [2.45, 2.75) is 19.8 Å². The minimum atomic E-state index is 0.104.